The summed E-state index contributed by atoms with van der Waals surface area (Å²) in [5.74, 6) is 5.72. The third-order valence-corrected chi connectivity index (χ3v) is 2.39. The number of aryl methyl sites for hydroxylation is 1. The molecular weight excluding hydrogens is 260 g/mol. The summed E-state index contributed by atoms with van der Waals surface area (Å²) < 4.78 is 5.01. The molecule has 0 aliphatic rings. The highest BCUT2D eigenvalue weighted by atomic mass is 16.5. The van der Waals surface area contributed by atoms with Crippen molar-refractivity contribution < 1.29 is 9.53 Å². The summed E-state index contributed by atoms with van der Waals surface area (Å²) in [7, 11) is 1.49. The monoisotopic (exact) mass is 274 g/mol. The Morgan fingerprint density at radius 1 is 1.30 bits per heavy atom. The summed E-state index contributed by atoms with van der Waals surface area (Å²) in [6.45, 7) is 1.77. The quantitative estimate of drug-likeness (QED) is 0.556. The molecule has 0 bridgehead atoms. The number of carbonyl (C=O) groups is 1. The van der Waals surface area contributed by atoms with E-state index in [2.05, 4.69) is 25.7 Å². The van der Waals surface area contributed by atoms with Gasteiger partial charge in [-0.05, 0) is 19.1 Å². The Kier molecular flexibility index (Phi) is 4.06. The number of nitrogen functional groups attached to an aromatic ring is 1. The van der Waals surface area contributed by atoms with Crippen LogP contribution in [0.15, 0.2) is 24.3 Å². The number of nitrogens with zero attached hydrogens (tertiary/aromatic N) is 3. The van der Waals surface area contributed by atoms with E-state index in [1.807, 2.05) is 0 Å². The summed E-state index contributed by atoms with van der Waals surface area (Å²) in [5, 5.41) is 2.55. The molecule has 8 heteroatoms. The number of hydrogen-bond acceptors (Lipinski definition) is 7. The van der Waals surface area contributed by atoms with Crippen molar-refractivity contribution >= 4 is 17.7 Å². The van der Waals surface area contributed by atoms with Crippen molar-refractivity contribution in [2.75, 3.05) is 17.9 Å². The molecular formula is C12H14N6O2. The first-order chi connectivity index (χ1) is 9.62. The second-order valence-electron chi connectivity index (χ2n) is 3.88. The Balaban J connectivity index is 2.20. The molecule has 0 spiro atoms. The summed E-state index contributed by atoms with van der Waals surface area (Å²) in [5.41, 5.74) is 3.25. The van der Waals surface area contributed by atoms with E-state index in [1.165, 1.54) is 7.11 Å². The zero-order valence-corrected chi connectivity index (χ0v) is 11.0. The van der Waals surface area contributed by atoms with Crippen molar-refractivity contribution in [3.63, 3.8) is 0 Å². The second kappa shape index (κ2) is 5.93. The van der Waals surface area contributed by atoms with Crippen LogP contribution in [0.5, 0.6) is 5.88 Å². The van der Waals surface area contributed by atoms with E-state index >= 15 is 0 Å². The van der Waals surface area contributed by atoms with Gasteiger partial charge >= 0.3 is 0 Å². The maximum atomic E-state index is 12.0. The van der Waals surface area contributed by atoms with E-state index in [1.54, 1.807) is 31.2 Å². The van der Waals surface area contributed by atoms with Crippen molar-refractivity contribution in [3.8, 4) is 5.88 Å². The summed E-state index contributed by atoms with van der Waals surface area (Å²) in [6.07, 6.45) is 0. The zero-order valence-electron chi connectivity index (χ0n) is 11.0. The Hall–Kier alpha value is -2.74. The predicted octanol–water partition coefficient (Wildman–Crippen LogP) is 0.727. The molecule has 0 aromatic carbocycles. The molecule has 0 atom stereocenters. The van der Waals surface area contributed by atoms with E-state index in [4.69, 9.17) is 10.6 Å². The van der Waals surface area contributed by atoms with Crippen LogP contribution < -0.4 is 21.3 Å². The van der Waals surface area contributed by atoms with Crippen LogP contribution in [-0.4, -0.2) is 28.0 Å². The van der Waals surface area contributed by atoms with Gasteiger partial charge in [0.1, 0.15) is 11.5 Å². The third kappa shape index (κ3) is 3.18. The van der Waals surface area contributed by atoms with Gasteiger partial charge < -0.3 is 10.2 Å². The van der Waals surface area contributed by atoms with Crippen molar-refractivity contribution in [1.29, 1.82) is 0 Å². The Morgan fingerprint density at radius 3 is 2.80 bits per heavy atom. The van der Waals surface area contributed by atoms with Gasteiger partial charge in [-0.2, -0.15) is 4.98 Å². The largest absolute Gasteiger partial charge is 0.481 e. The van der Waals surface area contributed by atoms with Crippen molar-refractivity contribution in [1.82, 2.24) is 15.0 Å². The predicted molar refractivity (Wildman–Crippen MR) is 73.3 cm³/mol. The molecule has 0 radical (unpaired) electrons. The van der Waals surface area contributed by atoms with Crippen LogP contribution in [0.25, 0.3) is 0 Å². The van der Waals surface area contributed by atoms with Gasteiger partial charge in [0.25, 0.3) is 5.91 Å². The number of nitrogens with one attached hydrogen (secondary N) is 2. The lowest BCUT2D eigenvalue weighted by atomic mass is 10.3. The first-order valence-electron chi connectivity index (χ1n) is 5.77. The molecule has 2 aromatic rings. The highest BCUT2D eigenvalue weighted by Crippen LogP contribution is 2.12. The number of carbonyl (C=O) groups excluding carboxylic acids is 1. The van der Waals surface area contributed by atoms with Gasteiger partial charge in [-0.15, -0.1) is 0 Å². The van der Waals surface area contributed by atoms with Gasteiger partial charge in [0, 0.05) is 11.8 Å². The number of nitrogens with two attached hydrogens (primary N) is 1. The van der Waals surface area contributed by atoms with Crippen LogP contribution in [0.3, 0.4) is 0 Å². The fraction of sp³-hybridized carbons (Fsp3) is 0.167. The highest BCUT2D eigenvalue weighted by Gasteiger charge is 2.11. The van der Waals surface area contributed by atoms with Crippen molar-refractivity contribution in [2.45, 2.75) is 6.92 Å². The van der Waals surface area contributed by atoms with Crippen LogP contribution in [0.4, 0.5) is 11.8 Å². The molecule has 2 heterocycles. The number of ether oxygens (including phenoxy) is 1. The minimum Gasteiger partial charge on any atom is -0.481 e. The minimum atomic E-state index is -0.435. The van der Waals surface area contributed by atoms with E-state index in [-0.39, 0.29) is 11.6 Å². The maximum absolute atomic E-state index is 12.0. The molecule has 0 aliphatic carbocycles. The van der Waals surface area contributed by atoms with Crippen LogP contribution in [0, 0.1) is 6.92 Å². The molecule has 1 amide bonds. The molecule has 0 unspecified atom stereocenters. The first-order valence-corrected chi connectivity index (χ1v) is 5.77. The number of aromatic nitrogens is 3. The van der Waals surface area contributed by atoms with Gasteiger partial charge in [0.05, 0.1) is 7.11 Å². The summed E-state index contributed by atoms with van der Waals surface area (Å²) >= 11 is 0. The van der Waals surface area contributed by atoms with Crippen LogP contribution in [0.2, 0.25) is 0 Å². The molecule has 0 aliphatic heterocycles. The highest BCUT2D eigenvalue weighted by molar-refractivity contribution is 6.02. The van der Waals surface area contributed by atoms with E-state index in [0.29, 0.717) is 17.4 Å². The number of methoxy groups -OCH3 is 1. The van der Waals surface area contributed by atoms with Crippen molar-refractivity contribution in [2.24, 2.45) is 5.84 Å². The van der Waals surface area contributed by atoms with Gasteiger partial charge in [0.15, 0.2) is 0 Å². The molecule has 2 rings (SSSR count). The third-order valence-electron chi connectivity index (χ3n) is 2.39. The molecule has 104 valence electrons. The number of anilines is 2. The summed E-state index contributed by atoms with van der Waals surface area (Å²) in [4.78, 5) is 24.2. The Labute approximate surface area is 115 Å². The van der Waals surface area contributed by atoms with E-state index in [0.717, 1.165) is 0 Å². The fourth-order valence-electron chi connectivity index (χ4n) is 1.51. The fourth-order valence-corrected chi connectivity index (χ4v) is 1.51. The van der Waals surface area contributed by atoms with Crippen LogP contribution in [-0.2, 0) is 0 Å². The number of pyridine rings is 1. The van der Waals surface area contributed by atoms with Gasteiger partial charge in [-0.3, -0.25) is 10.1 Å². The van der Waals surface area contributed by atoms with Gasteiger partial charge in [-0.25, -0.2) is 15.8 Å². The SMILES string of the molecule is COc1cc(C)nc(NC(=O)c2cccc(NN)n2)n1. The standard InChI is InChI=1S/C12H14N6O2/c1-7-6-10(20-2)16-12(14-7)17-11(19)8-4-3-5-9(15-8)18-13/h3-6H,13H2,1-2H3,(H,15,18)(H,14,16,17,19). The first kappa shape index (κ1) is 13.7. The minimum absolute atomic E-state index is 0.153. The van der Waals surface area contributed by atoms with Gasteiger partial charge in [-0.1, -0.05) is 6.07 Å². The normalized spacial score (nSPS) is 9.95. The molecule has 20 heavy (non-hydrogen) atoms. The Morgan fingerprint density at radius 2 is 2.10 bits per heavy atom. The van der Waals surface area contributed by atoms with Crippen LogP contribution >= 0.6 is 0 Å². The van der Waals surface area contributed by atoms with E-state index < -0.39 is 5.91 Å². The lowest BCUT2D eigenvalue weighted by molar-refractivity contribution is 0.102. The average Bonchev–Trinajstić information content (AvgIpc) is 2.46. The number of hydrogen-bond donors (Lipinski definition) is 3. The second-order valence-corrected chi connectivity index (χ2v) is 3.88. The molecule has 0 saturated carbocycles. The van der Waals surface area contributed by atoms with Crippen LogP contribution in [0.1, 0.15) is 16.2 Å². The smallest absolute Gasteiger partial charge is 0.276 e. The molecule has 2 aromatic heterocycles. The van der Waals surface area contributed by atoms with E-state index in [9.17, 15) is 4.79 Å². The zero-order chi connectivity index (χ0) is 14.5. The Bertz CT molecular complexity index is 631. The number of amides is 1. The number of rotatable bonds is 4. The van der Waals surface area contributed by atoms with Crippen molar-refractivity contribution in [3.05, 3.63) is 35.7 Å². The topological polar surface area (TPSA) is 115 Å². The lowest BCUT2D eigenvalue weighted by Crippen LogP contribution is -2.17. The lowest BCUT2D eigenvalue weighted by Gasteiger charge is -2.07. The number of hydrazine groups is 1. The average molecular weight is 274 g/mol. The molecule has 8 nitrogen and oxygen atoms in total. The molecule has 0 saturated heterocycles. The molecule has 4 N–H and O–H groups in total. The molecule has 0 fully saturated rings. The summed E-state index contributed by atoms with van der Waals surface area (Å²) in [6, 6.07) is 6.52. The maximum Gasteiger partial charge on any atom is 0.276 e. The van der Waals surface area contributed by atoms with Gasteiger partial charge in [0.2, 0.25) is 11.8 Å².